The summed E-state index contributed by atoms with van der Waals surface area (Å²) in [6, 6.07) is 11.1. The fraction of sp³-hybridized carbons (Fsp3) is 0.500. The number of hydrogen-bond acceptors (Lipinski definition) is 2. The molecule has 2 aliphatic rings. The Bertz CT molecular complexity index is 428. The van der Waals surface area contributed by atoms with Crippen LogP contribution in [0.2, 0.25) is 0 Å². The zero-order valence-electron chi connectivity index (χ0n) is 10.8. The van der Waals surface area contributed by atoms with E-state index in [0.717, 1.165) is 25.9 Å². The Balaban J connectivity index is 1.76. The van der Waals surface area contributed by atoms with Crippen molar-refractivity contribution < 1.29 is 5.11 Å². The quantitative estimate of drug-likeness (QED) is 0.807. The third-order valence-electron chi connectivity index (χ3n) is 4.40. The zero-order valence-corrected chi connectivity index (χ0v) is 10.8. The summed E-state index contributed by atoms with van der Waals surface area (Å²) in [5, 5.41) is 10.1. The van der Waals surface area contributed by atoms with Crippen LogP contribution in [0.25, 0.3) is 0 Å². The molecule has 1 aliphatic carbocycles. The van der Waals surface area contributed by atoms with Crippen LogP contribution in [-0.2, 0) is 6.54 Å². The minimum atomic E-state index is -0.169. The van der Waals surface area contributed by atoms with Gasteiger partial charge in [-0.25, -0.2) is 0 Å². The number of aliphatic hydroxyl groups excluding tert-OH is 1. The van der Waals surface area contributed by atoms with Gasteiger partial charge in [-0.1, -0.05) is 42.5 Å². The van der Waals surface area contributed by atoms with Crippen LogP contribution in [0.3, 0.4) is 0 Å². The van der Waals surface area contributed by atoms with Gasteiger partial charge in [0.2, 0.25) is 0 Å². The Morgan fingerprint density at radius 2 is 2.00 bits per heavy atom. The summed E-state index contributed by atoms with van der Waals surface area (Å²) in [5.74, 6) is 0.308. The first kappa shape index (κ1) is 11.9. The van der Waals surface area contributed by atoms with Gasteiger partial charge in [-0.3, -0.25) is 4.90 Å². The highest BCUT2D eigenvalue weighted by atomic mass is 16.3. The van der Waals surface area contributed by atoms with Gasteiger partial charge in [0.15, 0.2) is 0 Å². The lowest BCUT2D eigenvalue weighted by atomic mass is 9.81. The molecule has 1 N–H and O–H groups in total. The smallest absolute Gasteiger partial charge is 0.0620 e. The van der Waals surface area contributed by atoms with Crippen LogP contribution in [0.4, 0.5) is 0 Å². The van der Waals surface area contributed by atoms with Crippen molar-refractivity contribution in [2.75, 3.05) is 6.54 Å². The summed E-state index contributed by atoms with van der Waals surface area (Å²) in [6.07, 6.45) is 3.12. The van der Waals surface area contributed by atoms with E-state index in [-0.39, 0.29) is 6.10 Å². The van der Waals surface area contributed by atoms with Crippen LogP contribution < -0.4 is 0 Å². The topological polar surface area (TPSA) is 23.5 Å². The van der Waals surface area contributed by atoms with E-state index in [1.165, 1.54) is 17.6 Å². The molecule has 1 saturated heterocycles. The van der Waals surface area contributed by atoms with Crippen molar-refractivity contribution in [1.82, 2.24) is 4.90 Å². The second-order valence-electron chi connectivity index (χ2n) is 5.64. The van der Waals surface area contributed by atoms with E-state index in [1.807, 2.05) is 0 Å². The molecule has 2 heteroatoms. The Morgan fingerprint density at radius 1 is 1.22 bits per heavy atom. The summed E-state index contributed by atoms with van der Waals surface area (Å²) < 4.78 is 0. The molecule has 0 unspecified atom stereocenters. The summed E-state index contributed by atoms with van der Waals surface area (Å²) in [5.41, 5.74) is 2.58. The van der Waals surface area contributed by atoms with Crippen molar-refractivity contribution in [2.45, 2.75) is 38.0 Å². The van der Waals surface area contributed by atoms with E-state index in [0.29, 0.717) is 12.0 Å². The highest BCUT2D eigenvalue weighted by Gasteiger charge is 2.42. The van der Waals surface area contributed by atoms with Crippen LogP contribution in [0.5, 0.6) is 0 Å². The number of nitrogens with zero attached hydrogens (tertiary/aromatic N) is 1. The van der Waals surface area contributed by atoms with E-state index in [1.54, 1.807) is 0 Å². The number of rotatable bonds is 2. The number of fused-ring (bicyclic) bond motifs is 1. The number of benzene rings is 1. The van der Waals surface area contributed by atoms with E-state index in [4.69, 9.17) is 0 Å². The van der Waals surface area contributed by atoms with Gasteiger partial charge in [0.25, 0.3) is 0 Å². The molecule has 1 heterocycles. The Labute approximate surface area is 109 Å². The SMILES string of the molecule is C=C1CN(Cc2ccccc2)[C@@H]2CCC[C@@H](O)[C@H]12. The van der Waals surface area contributed by atoms with Crippen molar-refractivity contribution in [2.24, 2.45) is 5.92 Å². The van der Waals surface area contributed by atoms with Crippen molar-refractivity contribution in [3.05, 3.63) is 48.0 Å². The summed E-state index contributed by atoms with van der Waals surface area (Å²) in [7, 11) is 0. The van der Waals surface area contributed by atoms with Crippen LogP contribution in [-0.4, -0.2) is 28.7 Å². The van der Waals surface area contributed by atoms with Crippen LogP contribution in [0, 0.1) is 5.92 Å². The third kappa shape index (κ3) is 2.11. The average molecular weight is 243 g/mol. The maximum Gasteiger partial charge on any atom is 0.0620 e. The van der Waals surface area contributed by atoms with Crippen molar-refractivity contribution in [3.8, 4) is 0 Å². The molecule has 18 heavy (non-hydrogen) atoms. The predicted octanol–water partition coefficient (Wildman–Crippen LogP) is 2.59. The predicted molar refractivity (Wildman–Crippen MR) is 73.1 cm³/mol. The molecular weight excluding hydrogens is 222 g/mol. The fourth-order valence-corrected chi connectivity index (χ4v) is 3.58. The lowest BCUT2D eigenvalue weighted by molar-refractivity contribution is 0.0487. The van der Waals surface area contributed by atoms with E-state index in [2.05, 4.69) is 41.8 Å². The summed E-state index contributed by atoms with van der Waals surface area (Å²) >= 11 is 0. The van der Waals surface area contributed by atoms with Crippen molar-refractivity contribution in [1.29, 1.82) is 0 Å². The van der Waals surface area contributed by atoms with E-state index in [9.17, 15) is 5.11 Å². The minimum absolute atomic E-state index is 0.169. The van der Waals surface area contributed by atoms with Crippen LogP contribution >= 0.6 is 0 Å². The molecule has 3 atom stereocenters. The van der Waals surface area contributed by atoms with Crippen molar-refractivity contribution >= 4 is 0 Å². The van der Waals surface area contributed by atoms with E-state index >= 15 is 0 Å². The molecule has 2 fully saturated rings. The minimum Gasteiger partial charge on any atom is -0.392 e. The number of aliphatic hydroxyl groups is 1. The van der Waals surface area contributed by atoms with Gasteiger partial charge in [-0.2, -0.15) is 0 Å². The molecule has 1 aromatic rings. The molecule has 1 aliphatic heterocycles. The molecule has 1 saturated carbocycles. The first-order valence-corrected chi connectivity index (χ1v) is 6.89. The largest absolute Gasteiger partial charge is 0.392 e. The normalized spacial score (nSPS) is 32.5. The molecule has 1 aromatic carbocycles. The molecule has 0 bridgehead atoms. The Morgan fingerprint density at radius 3 is 2.78 bits per heavy atom. The van der Waals surface area contributed by atoms with Gasteiger partial charge in [0.1, 0.15) is 0 Å². The summed E-state index contributed by atoms with van der Waals surface area (Å²) in [4.78, 5) is 2.49. The van der Waals surface area contributed by atoms with Gasteiger partial charge in [0, 0.05) is 25.0 Å². The maximum atomic E-state index is 10.1. The first-order valence-electron chi connectivity index (χ1n) is 6.89. The monoisotopic (exact) mass is 243 g/mol. The van der Waals surface area contributed by atoms with Crippen LogP contribution in [0.15, 0.2) is 42.5 Å². The van der Waals surface area contributed by atoms with Gasteiger partial charge < -0.3 is 5.11 Å². The number of likely N-dealkylation sites (tertiary alicyclic amines) is 1. The molecule has 0 spiro atoms. The lowest BCUT2D eigenvalue weighted by Gasteiger charge is -2.34. The zero-order chi connectivity index (χ0) is 12.5. The molecule has 0 amide bonds. The van der Waals surface area contributed by atoms with E-state index < -0.39 is 0 Å². The first-order chi connectivity index (χ1) is 8.75. The Hall–Kier alpha value is -1.12. The average Bonchev–Trinajstić information content (AvgIpc) is 2.69. The van der Waals surface area contributed by atoms with Gasteiger partial charge >= 0.3 is 0 Å². The van der Waals surface area contributed by atoms with Gasteiger partial charge in [0.05, 0.1) is 6.10 Å². The molecule has 3 rings (SSSR count). The highest BCUT2D eigenvalue weighted by molar-refractivity contribution is 5.21. The van der Waals surface area contributed by atoms with Gasteiger partial charge in [-0.15, -0.1) is 0 Å². The molecular formula is C16H21NO. The summed E-state index contributed by atoms with van der Waals surface area (Å²) in [6.45, 7) is 6.10. The van der Waals surface area contributed by atoms with Crippen LogP contribution in [0.1, 0.15) is 24.8 Å². The Kier molecular flexibility index (Phi) is 3.23. The highest BCUT2D eigenvalue weighted by Crippen LogP contribution is 2.39. The molecule has 0 radical (unpaired) electrons. The molecule has 2 nitrogen and oxygen atoms in total. The second kappa shape index (κ2) is 4.87. The van der Waals surface area contributed by atoms with Gasteiger partial charge in [-0.05, 0) is 24.8 Å². The molecule has 0 aromatic heterocycles. The van der Waals surface area contributed by atoms with Crippen molar-refractivity contribution in [3.63, 3.8) is 0 Å². The fourth-order valence-electron chi connectivity index (χ4n) is 3.58. The molecule has 96 valence electrons. The maximum absolute atomic E-state index is 10.1. The standard InChI is InChI=1S/C16H21NO/c1-12-10-17(11-13-6-3-2-4-7-13)14-8-5-9-15(18)16(12)14/h2-4,6-7,14-16,18H,1,5,8-11H2/t14-,15-,16-/m1/s1. The second-order valence-corrected chi connectivity index (χ2v) is 5.64. The third-order valence-corrected chi connectivity index (χ3v) is 4.40. The lowest BCUT2D eigenvalue weighted by Crippen LogP contribution is -2.40. The number of hydrogen-bond donors (Lipinski definition) is 1.